The maximum absolute atomic E-state index is 5.61. The van der Waals surface area contributed by atoms with Crippen LogP contribution in [0.5, 0.6) is 0 Å². The van der Waals surface area contributed by atoms with E-state index in [4.69, 9.17) is 4.42 Å². The van der Waals surface area contributed by atoms with Gasteiger partial charge in [0, 0.05) is 12.7 Å². The minimum atomic E-state index is 0.0374. The minimum Gasteiger partial charge on any atom is -0.452 e. The molecule has 0 aliphatic carbocycles. The first-order valence-corrected chi connectivity index (χ1v) is 6.49. The second-order valence-corrected chi connectivity index (χ2v) is 4.62. The predicted molar refractivity (Wildman–Crippen MR) is 69.8 cm³/mol. The number of halogens is 1. The SMILES string of the molecule is CCCn1nccc1C(NC)c1ccc(Br)o1. The Labute approximate surface area is 109 Å². The number of aryl methyl sites for hydroxylation is 1. The Morgan fingerprint density at radius 3 is 2.88 bits per heavy atom. The molecule has 2 rings (SSSR count). The monoisotopic (exact) mass is 297 g/mol. The molecule has 92 valence electrons. The lowest BCUT2D eigenvalue weighted by atomic mass is 10.1. The summed E-state index contributed by atoms with van der Waals surface area (Å²) in [6.07, 6.45) is 2.89. The van der Waals surface area contributed by atoms with E-state index in [-0.39, 0.29) is 6.04 Å². The minimum absolute atomic E-state index is 0.0374. The fourth-order valence-corrected chi connectivity index (χ4v) is 2.23. The summed E-state index contributed by atoms with van der Waals surface area (Å²) >= 11 is 3.33. The van der Waals surface area contributed by atoms with E-state index in [9.17, 15) is 0 Å². The smallest absolute Gasteiger partial charge is 0.169 e. The first-order chi connectivity index (χ1) is 8.26. The van der Waals surface area contributed by atoms with Crippen LogP contribution in [0, 0.1) is 0 Å². The van der Waals surface area contributed by atoms with E-state index in [1.165, 1.54) is 0 Å². The molecular formula is C12H16BrN3O. The third kappa shape index (κ3) is 2.61. The zero-order valence-electron chi connectivity index (χ0n) is 9.98. The molecule has 17 heavy (non-hydrogen) atoms. The Kier molecular flexibility index (Phi) is 4.02. The number of aromatic nitrogens is 2. The molecule has 2 heterocycles. The number of nitrogens with zero attached hydrogens (tertiary/aromatic N) is 2. The largest absolute Gasteiger partial charge is 0.452 e. The van der Waals surface area contributed by atoms with E-state index in [0.29, 0.717) is 0 Å². The van der Waals surface area contributed by atoms with Gasteiger partial charge in [0.05, 0.1) is 5.69 Å². The summed E-state index contributed by atoms with van der Waals surface area (Å²) in [4.78, 5) is 0. The molecule has 1 N–H and O–H groups in total. The molecule has 1 atom stereocenters. The van der Waals surface area contributed by atoms with E-state index < -0.39 is 0 Å². The van der Waals surface area contributed by atoms with E-state index >= 15 is 0 Å². The fraction of sp³-hybridized carbons (Fsp3) is 0.417. The highest BCUT2D eigenvalue weighted by atomic mass is 79.9. The van der Waals surface area contributed by atoms with E-state index in [1.807, 2.05) is 36.1 Å². The molecule has 1 unspecified atom stereocenters. The van der Waals surface area contributed by atoms with Gasteiger partial charge < -0.3 is 9.73 Å². The summed E-state index contributed by atoms with van der Waals surface area (Å²) < 4.78 is 8.36. The van der Waals surface area contributed by atoms with E-state index in [0.717, 1.165) is 29.1 Å². The van der Waals surface area contributed by atoms with Crippen LogP contribution < -0.4 is 5.32 Å². The summed E-state index contributed by atoms with van der Waals surface area (Å²) in [5.41, 5.74) is 1.12. The van der Waals surface area contributed by atoms with Crippen LogP contribution in [-0.4, -0.2) is 16.8 Å². The lowest BCUT2D eigenvalue weighted by Crippen LogP contribution is -2.21. The summed E-state index contributed by atoms with van der Waals surface area (Å²) in [5.74, 6) is 0.886. The highest BCUT2D eigenvalue weighted by Crippen LogP contribution is 2.25. The van der Waals surface area contributed by atoms with Crippen LogP contribution in [0.1, 0.15) is 30.8 Å². The average molecular weight is 298 g/mol. The van der Waals surface area contributed by atoms with Gasteiger partial charge in [0.2, 0.25) is 0 Å². The first-order valence-electron chi connectivity index (χ1n) is 5.70. The molecule has 0 saturated heterocycles. The third-order valence-corrected chi connectivity index (χ3v) is 3.07. The molecule has 4 nitrogen and oxygen atoms in total. The molecule has 2 aromatic heterocycles. The molecule has 0 radical (unpaired) electrons. The van der Waals surface area contributed by atoms with Crippen LogP contribution in [0.4, 0.5) is 0 Å². The molecule has 0 fully saturated rings. The molecule has 2 aromatic rings. The highest BCUT2D eigenvalue weighted by Gasteiger charge is 2.19. The first kappa shape index (κ1) is 12.4. The van der Waals surface area contributed by atoms with Crippen LogP contribution in [0.15, 0.2) is 33.5 Å². The Morgan fingerprint density at radius 1 is 1.47 bits per heavy atom. The predicted octanol–water partition coefficient (Wildman–Crippen LogP) is 2.96. The van der Waals surface area contributed by atoms with Gasteiger partial charge in [0.25, 0.3) is 0 Å². The summed E-state index contributed by atoms with van der Waals surface area (Å²) in [7, 11) is 1.92. The average Bonchev–Trinajstić information content (AvgIpc) is 2.91. The maximum Gasteiger partial charge on any atom is 0.169 e. The molecule has 0 aromatic carbocycles. The van der Waals surface area contributed by atoms with Crippen molar-refractivity contribution in [2.24, 2.45) is 0 Å². The molecule has 0 spiro atoms. The summed E-state index contributed by atoms with van der Waals surface area (Å²) in [5, 5.41) is 7.59. The van der Waals surface area contributed by atoms with Crippen molar-refractivity contribution in [1.82, 2.24) is 15.1 Å². The molecule has 0 aliphatic rings. The van der Waals surface area contributed by atoms with Gasteiger partial charge in [-0.3, -0.25) is 4.68 Å². The van der Waals surface area contributed by atoms with Crippen molar-refractivity contribution in [3.63, 3.8) is 0 Å². The third-order valence-electron chi connectivity index (χ3n) is 2.65. The molecule has 0 saturated carbocycles. The Balaban J connectivity index is 2.31. The molecule has 5 heteroatoms. The topological polar surface area (TPSA) is 43.0 Å². The lowest BCUT2D eigenvalue weighted by molar-refractivity contribution is 0.427. The van der Waals surface area contributed by atoms with Crippen LogP contribution in [0.25, 0.3) is 0 Å². The van der Waals surface area contributed by atoms with E-state index in [1.54, 1.807) is 0 Å². The van der Waals surface area contributed by atoms with Gasteiger partial charge >= 0.3 is 0 Å². The van der Waals surface area contributed by atoms with Gasteiger partial charge in [-0.15, -0.1) is 0 Å². The Morgan fingerprint density at radius 2 is 2.29 bits per heavy atom. The fourth-order valence-electron chi connectivity index (χ4n) is 1.91. The van der Waals surface area contributed by atoms with Crippen LogP contribution >= 0.6 is 15.9 Å². The standard InChI is InChI=1S/C12H16BrN3O/c1-3-8-16-9(6-7-15-16)12(14-2)10-4-5-11(13)17-10/h4-7,12,14H,3,8H2,1-2H3. The molecule has 0 bridgehead atoms. The number of nitrogens with one attached hydrogen (secondary N) is 1. The number of hydrogen-bond donors (Lipinski definition) is 1. The number of rotatable bonds is 5. The van der Waals surface area contributed by atoms with Gasteiger partial charge in [-0.1, -0.05) is 6.92 Å². The van der Waals surface area contributed by atoms with Crippen molar-refractivity contribution in [2.45, 2.75) is 25.9 Å². The van der Waals surface area contributed by atoms with Gasteiger partial charge in [0.1, 0.15) is 11.8 Å². The van der Waals surface area contributed by atoms with Crippen LogP contribution in [0.3, 0.4) is 0 Å². The molecule has 0 amide bonds. The second kappa shape index (κ2) is 5.51. The van der Waals surface area contributed by atoms with Gasteiger partial charge in [-0.25, -0.2) is 0 Å². The summed E-state index contributed by atoms with van der Waals surface area (Å²) in [6, 6.07) is 5.93. The summed E-state index contributed by atoms with van der Waals surface area (Å²) in [6.45, 7) is 3.06. The quantitative estimate of drug-likeness (QED) is 0.923. The zero-order chi connectivity index (χ0) is 12.3. The number of furan rings is 1. The highest BCUT2D eigenvalue weighted by molar-refractivity contribution is 9.10. The van der Waals surface area contributed by atoms with Crippen LogP contribution in [-0.2, 0) is 6.54 Å². The Bertz CT molecular complexity index is 478. The van der Waals surface area contributed by atoms with Gasteiger partial charge in [0.15, 0.2) is 4.67 Å². The van der Waals surface area contributed by atoms with Crippen molar-refractivity contribution in [3.8, 4) is 0 Å². The van der Waals surface area contributed by atoms with Crippen molar-refractivity contribution in [3.05, 3.63) is 40.5 Å². The van der Waals surface area contributed by atoms with Gasteiger partial charge in [-0.2, -0.15) is 5.10 Å². The van der Waals surface area contributed by atoms with Crippen molar-refractivity contribution >= 4 is 15.9 Å². The molecule has 0 aliphatic heterocycles. The van der Waals surface area contributed by atoms with Gasteiger partial charge in [-0.05, 0) is 47.6 Å². The van der Waals surface area contributed by atoms with Crippen LogP contribution in [0.2, 0.25) is 0 Å². The zero-order valence-corrected chi connectivity index (χ0v) is 11.6. The number of hydrogen-bond acceptors (Lipinski definition) is 3. The van der Waals surface area contributed by atoms with Crippen molar-refractivity contribution in [2.75, 3.05) is 7.05 Å². The Hall–Kier alpha value is -1.07. The molecular weight excluding hydrogens is 282 g/mol. The van der Waals surface area contributed by atoms with Crippen molar-refractivity contribution in [1.29, 1.82) is 0 Å². The maximum atomic E-state index is 5.61. The normalized spacial score (nSPS) is 12.9. The lowest BCUT2D eigenvalue weighted by Gasteiger charge is -2.15. The second-order valence-electron chi connectivity index (χ2n) is 3.84. The van der Waals surface area contributed by atoms with E-state index in [2.05, 4.69) is 33.3 Å². The van der Waals surface area contributed by atoms with Crippen molar-refractivity contribution < 1.29 is 4.42 Å².